The Morgan fingerprint density at radius 1 is 1.19 bits per heavy atom. The first-order valence-electron chi connectivity index (χ1n) is 7.82. The van der Waals surface area contributed by atoms with Crippen LogP contribution in [0.3, 0.4) is 0 Å². The summed E-state index contributed by atoms with van der Waals surface area (Å²) in [5.41, 5.74) is 7.01. The van der Waals surface area contributed by atoms with E-state index in [4.69, 9.17) is 22.1 Å². The van der Waals surface area contributed by atoms with Gasteiger partial charge in [0.15, 0.2) is 11.0 Å². The summed E-state index contributed by atoms with van der Waals surface area (Å²) in [6.07, 6.45) is 0. The number of methoxy groups -OCH3 is 1. The standard InChI is InChI=1S/C18H17ClN4O2S/c1-11(16(20)24)26-18-22-21-17(14-5-3-4-6-15(14)25-2)23(18)13-9-7-12(19)8-10-13/h3-11H,1-2H3,(H2,20,24). The molecule has 3 aromatic rings. The summed E-state index contributed by atoms with van der Waals surface area (Å²) in [5.74, 6) is 0.859. The third kappa shape index (κ3) is 3.68. The number of aromatic nitrogens is 3. The van der Waals surface area contributed by atoms with Gasteiger partial charge in [-0.1, -0.05) is 35.5 Å². The van der Waals surface area contributed by atoms with E-state index in [1.807, 2.05) is 41.0 Å². The van der Waals surface area contributed by atoms with Gasteiger partial charge in [0.05, 0.1) is 17.9 Å². The lowest BCUT2D eigenvalue weighted by Gasteiger charge is -2.13. The SMILES string of the molecule is COc1ccccc1-c1nnc(SC(C)C(N)=O)n1-c1ccc(Cl)cc1. The molecule has 0 aliphatic carbocycles. The summed E-state index contributed by atoms with van der Waals surface area (Å²) in [6, 6.07) is 14.8. The van der Waals surface area contributed by atoms with E-state index in [-0.39, 0.29) is 0 Å². The van der Waals surface area contributed by atoms with Gasteiger partial charge in [0.25, 0.3) is 0 Å². The highest BCUT2D eigenvalue weighted by molar-refractivity contribution is 8.00. The number of primary amides is 1. The normalized spacial score (nSPS) is 12.0. The van der Waals surface area contributed by atoms with Gasteiger partial charge in [-0.15, -0.1) is 10.2 Å². The molecule has 0 saturated carbocycles. The third-order valence-corrected chi connectivity index (χ3v) is 5.06. The lowest BCUT2D eigenvalue weighted by atomic mass is 10.2. The minimum atomic E-state index is -0.448. The Kier molecular flexibility index (Phi) is 5.49. The fraction of sp³-hybridized carbons (Fsp3) is 0.167. The van der Waals surface area contributed by atoms with Crippen molar-refractivity contribution in [3.63, 3.8) is 0 Å². The van der Waals surface area contributed by atoms with Crippen molar-refractivity contribution in [1.29, 1.82) is 0 Å². The molecule has 6 nitrogen and oxygen atoms in total. The van der Waals surface area contributed by atoms with E-state index in [0.717, 1.165) is 11.3 Å². The van der Waals surface area contributed by atoms with Crippen molar-refractivity contribution in [2.24, 2.45) is 5.73 Å². The summed E-state index contributed by atoms with van der Waals surface area (Å²) in [6.45, 7) is 1.73. The van der Waals surface area contributed by atoms with E-state index in [1.165, 1.54) is 11.8 Å². The number of amides is 1. The number of carbonyl (C=O) groups is 1. The Labute approximate surface area is 160 Å². The van der Waals surface area contributed by atoms with Crippen LogP contribution in [-0.4, -0.2) is 33.0 Å². The molecule has 0 radical (unpaired) electrons. The highest BCUT2D eigenvalue weighted by Gasteiger charge is 2.22. The highest BCUT2D eigenvalue weighted by atomic mass is 35.5. The number of rotatable bonds is 6. The molecule has 0 bridgehead atoms. The minimum Gasteiger partial charge on any atom is -0.496 e. The fourth-order valence-electron chi connectivity index (χ4n) is 2.39. The van der Waals surface area contributed by atoms with Crippen molar-refractivity contribution in [2.75, 3.05) is 7.11 Å². The maximum atomic E-state index is 11.5. The third-order valence-electron chi connectivity index (χ3n) is 3.75. The number of carbonyl (C=O) groups excluding carboxylic acids is 1. The number of ether oxygens (including phenoxy) is 1. The second-order valence-corrected chi connectivity index (χ2v) is 7.23. The predicted octanol–water partition coefficient (Wildman–Crippen LogP) is 3.56. The first kappa shape index (κ1) is 18.3. The maximum Gasteiger partial charge on any atom is 0.230 e. The molecule has 0 aliphatic rings. The van der Waals surface area contributed by atoms with Crippen LogP contribution in [0.4, 0.5) is 0 Å². The second kappa shape index (κ2) is 7.80. The van der Waals surface area contributed by atoms with Crippen LogP contribution in [0.25, 0.3) is 17.1 Å². The molecule has 26 heavy (non-hydrogen) atoms. The van der Waals surface area contributed by atoms with Crippen molar-refractivity contribution in [3.8, 4) is 22.8 Å². The van der Waals surface area contributed by atoms with Crippen molar-refractivity contribution in [3.05, 3.63) is 53.6 Å². The lowest BCUT2D eigenvalue weighted by Crippen LogP contribution is -2.23. The number of para-hydroxylation sites is 1. The van der Waals surface area contributed by atoms with Gasteiger partial charge in [0.2, 0.25) is 5.91 Å². The van der Waals surface area contributed by atoms with E-state index < -0.39 is 11.2 Å². The topological polar surface area (TPSA) is 83.0 Å². The van der Waals surface area contributed by atoms with Gasteiger partial charge in [0.1, 0.15) is 5.75 Å². The number of hydrogen-bond donors (Lipinski definition) is 1. The quantitative estimate of drug-likeness (QED) is 0.653. The summed E-state index contributed by atoms with van der Waals surface area (Å²) >= 11 is 7.26. The van der Waals surface area contributed by atoms with E-state index in [9.17, 15) is 4.79 Å². The Balaban J connectivity index is 2.17. The summed E-state index contributed by atoms with van der Waals surface area (Å²) in [7, 11) is 1.60. The zero-order valence-corrected chi connectivity index (χ0v) is 15.8. The van der Waals surface area contributed by atoms with Crippen molar-refractivity contribution >= 4 is 29.3 Å². The van der Waals surface area contributed by atoms with E-state index in [2.05, 4.69) is 10.2 Å². The average molecular weight is 389 g/mol. The van der Waals surface area contributed by atoms with Gasteiger partial charge in [-0.2, -0.15) is 0 Å². The first-order valence-corrected chi connectivity index (χ1v) is 9.07. The molecule has 1 amide bonds. The van der Waals surface area contributed by atoms with Gasteiger partial charge in [-0.05, 0) is 43.3 Å². The molecule has 134 valence electrons. The number of nitrogens with two attached hydrogens (primary N) is 1. The molecule has 0 aliphatic heterocycles. The molecular formula is C18H17ClN4O2S. The zero-order valence-electron chi connectivity index (χ0n) is 14.2. The summed E-state index contributed by atoms with van der Waals surface area (Å²) in [4.78, 5) is 11.5. The molecule has 2 aromatic carbocycles. The first-order chi connectivity index (χ1) is 12.5. The van der Waals surface area contributed by atoms with Crippen LogP contribution in [0.2, 0.25) is 5.02 Å². The van der Waals surface area contributed by atoms with Gasteiger partial charge >= 0.3 is 0 Å². The molecule has 0 fully saturated rings. The number of thioether (sulfide) groups is 1. The molecule has 8 heteroatoms. The Morgan fingerprint density at radius 2 is 1.88 bits per heavy atom. The zero-order chi connectivity index (χ0) is 18.7. The van der Waals surface area contributed by atoms with Crippen LogP contribution in [0.5, 0.6) is 5.75 Å². The molecule has 1 atom stereocenters. The Hall–Kier alpha value is -2.51. The maximum absolute atomic E-state index is 11.5. The number of benzene rings is 2. The largest absolute Gasteiger partial charge is 0.496 e. The van der Waals surface area contributed by atoms with E-state index in [0.29, 0.717) is 21.8 Å². The molecule has 1 unspecified atom stereocenters. The minimum absolute atomic E-state index is 0.417. The number of hydrogen-bond acceptors (Lipinski definition) is 5. The molecule has 0 saturated heterocycles. The van der Waals surface area contributed by atoms with Crippen LogP contribution in [0, 0.1) is 0 Å². The van der Waals surface area contributed by atoms with Gasteiger partial charge in [0, 0.05) is 10.7 Å². The van der Waals surface area contributed by atoms with Crippen LogP contribution in [-0.2, 0) is 4.79 Å². The van der Waals surface area contributed by atoms with Crippen molar-refractivity contribution < 1.29 is 9.53 Å². The van der Waals surface area contributed by atoms with Gasteiger partial charge in [-0.3, -0.25) is 9.36 Å². The van der Waals surface area contributed by atoms with Crippen LogP contribution in [0.1, 0.15) is 6.92 Å². The Morgan fingerprint density at radius 3 is 2.54 bits per heavy atom. The van der Waals surface area contributed by atoms with Crippen LogP contribution >= 0.6 is 23.4 Å². The Bertz CT molecular complexity index is 927. The van der Waals surface area contributed by atoms with Crippen molar-refractivity contribution in [2.45, 2.75) is 17.3 Å². The van der Waals surface area contributed by atoms with Crippen LogP contribution < -0.4 is 10.5 Å². The van der Waals surface area contributed by atoms with Gasteiger partial charge in [-0.25, -0.2) is 0 Å². The number of nitrogens with zero attached hydrogens (tertiary/aromatic N) is 3. The fourth-order valence-corrected chi connectivity index (χ4v) is 3.33. The second-order valence-electron chi connectivity index (χ2n) is 5.48. The lowest BCUT2D eigenvalue weighted by molar-refractivity contribution is -0.117. The molecule has 3 rings (SSSR count). The number of halogens is 1. The van der Waals surface area contributed by atoms with Crippen LogP contribution in [0.15, 0.2) is 53.7 Å². The molecule has 1 heterocycles. The highest BCUT2D eigenvalue weighted by Crippen LogP contribution is 2.34. The monoisotopic (exact) mass is 388 g/mol. The molecule has 0 spiro atoms. The van der Waals surface area contributed by atoms with E-state index in [1.54, 1.807) is 26.2 Å². The van der Waals surface area contributed by atoms with Crippen molar-refractivity contribution in [1.82, 2.24) is 14.8 Å². The molecule has 2 N–H and O–H groups in total. The molecular weight excluding hydrogens is 372 g/mol. The average Bonchev–Trinajstić information content (AvgIpc) is 3.05. The predicted molar refractivity (Wildman–Crippen MR) is 103 cm³/mol. The smallest absolute Gasteiger partial charge is 0.230 e. The summed E-state index contributed by atoms with van der Waals surface area (Å²) < 4.78 is 7.31. The van der Waals surface area contributed by atoms with E-state index >= 15 is 0 Å². The molecule has 1 aromatic heterocycles. The summed E-state index contributed by atoms with van der Waals surface area (Å²) in [5, 5.41) is 9.33. The van der Waals surface area contributed by atoms with Gasteiger partial charge < -0.3 is 10.5 Å².